The van der Waals surface area contributed by atoms with Crippen LogP contribution in [0.4, 0.5) is 0 Å². The fourth-order valence-electron chi connectivity index (χ4n) is 3.40. The van der Waals surface area contributed by atoms with Crippen LogP contribution in [0.3, 0.4) is 0 Å². The van der Waals surface area contributed by atoms with Crippen LogP contribution in [0.25, 0.3) is 0 Å². The fourth-order valence-corrected chi connectivity index (χ4v) is 3.40. The Morgan fingerprint density at radius 1 is 1.24 bits per heavy atom. The number of nitrogens with zero attached hydrogens (tertiary/aromatic N) is 2. The topological polar surface area (TPSA) is 55.8 Å². The van der Waals surface area contributed by atoms with Crippen molar-refractivity contribution in [2.45, 2.75) is 64.1 Å². The molecule has 1 heterocycles. The lowest BCUT2D eigenvalue weighted by molar-refractivity contribution is -0.123. The second-order valence-electron chi connectivity index (χ2n) is 6.61. The van der Waals surface area contributed by atoms with Crippen molar-refractivity contribution in [1.29, 1.82) is 0 Å². The molecule has 3 atom stereocenters. The van der Waals surface area contributed by atoms with E-state index in [1.54, 1.807) is 0 Å². The molecule has 0 radical (unpaired) electrons. The van der Waals surface area contributed by atoms with Gasteiger partial charge in [0, 0.05) is 38.3 Å². The second-order valence-corrected chi connectivity index (χ2v) is 6.61. The van der Waals surface area contributed by atoms with E-state index in [0.29, 0.717) is 12.6 Å². The van der Waals surface area contributed by atoms with Gasteiger partial charge in [-0.25, -0.2) is 0 Å². The number of carbonyl (C=O) groups is 1. The number of aliphatic hydroxyl groups excluding tert-OH is 1. The van der Waals surface area contributed by atoms with Gasteiger partial charge in [-0.15, -0.1) is 0 Å². The van der Waals surface area contributed by atoms with E-state index in [2.05, 4.69) is 22.0 Å². The summed E-state index contributed by atoms with van der Waals surface area (Å²) in [4.78, 5) is 16.6. The molecule has 1 aliphatic heterocycles. The Morgan fingerprint density at radius 2 is 1.90 bits per heavy atom. The number of rotatable bonds is 5. The highest BCUT2D eigenvalue weighted by Gasteiger charge is 2.31. The second kappa shape index (κ2) is 8.11. The van der Waals surface area contributed by atoms with Crippen LogP contribution in [-0.2, 0) is 4.79 Å². The molecule has 3 unspecified atom stereocenters. The Morgan fingerprint density at radius 3 is 2.52 bits per heavy atom. The molecule has 0 bridgehead atoms. The molecule has 0 spiro atoms. The largest absolute Gasteiger partial charge is 0.391 e. The monoisotopic (exact) mass is 297 g/mol. The van der Waals surface area contributed by atoms with Crippen LogP contribution in [0, 0.1) is 0 Å². The molecule has 2 N–H and O–H groups in total. The van der Waals surface area contributed by atoms with Gasteiger partial charge in [-0.1, -0.05) is 19.8 Å². The third kappa shape index (κ3) is 4.94. The summed E-state index contributed by atoms with van der Waals surface area (Å²) in [5, 5.41) is 13.2. The molecular weight excluding hydrogens is 266 g/mol. The maximum Gasteiger partial charge on any atom is 0.234 e. The minimum atomic E-state index is -0.154. The van der Waals surface area contributed by atoms with E-state index in [4.69, 9.17) is 0 Å². The van der Waals surface area contributed by atoms with Gasteiger partial charge in [-0.05, 0) is 26.2 Å². The van der Waals surface area contributed by atoms with Crippen LogP contribution < -0.4 is 5.32 Å². The Kier molecular flexibility index (Phi) is 6.45. The molecule has 1 aliphatic carbocycles. The molecular formula is C16H31N3O2. The molecule has 5 heteroatoms. The highest BCUT2D eigenvalue weighted by molar-refractivity contribution is 5.78. The fraction of sp³-hybridized carbons (Fsp3) is 0.938. The Balaban J connectivity index is 1.71. The SMILES string of the molecule is CCC(C)NC(=O)CN1CCN(C2CCCCC2O)CC1. The van der Waals surface area contributed by atoms with Crippen LogP contribution in [-0.4, -0.2) is 71.7 Å². The lowest BCUT2D eigenvalue weighted by Crippen LogP contribution is -2.55. The molecule has 1 saturated carbocycles. The van der Waals surface area contributed by atoms with Crippen LogP contribution in [0.2, 0.25) is 0 Å². The third-order valence-corrected chi connectivity index (χ3v) is 4.96. The zero-order valence-corrected chi connectivity index (χ0v) is 13.6. The van der Waals surface area contributed by atoms with Crippen LogP contribution in [0.5, 0.6) is 0 Å². The summed E-state index contributed by atoms with van der Waals surface area (Å²) in [6.07, 6.45) is 5.28. The number of nitrogens with one attached hydrogen (secondary N) is 1. The third-order valence-electron chi connectivity index (χ3n) is 4.96. The van der Waals surface area contributed by atoms with Crippen LogP contribution in [0.15, 0.2) is 0 Å². The summed E-state index contributed by atoms with van der Waals surface area (Å²) >= 11 is 0. The van der Waals surface area contributed by atoms with Crippen molar-refractivity contribution < 1.29 is 9.90 Å². The first-order valence-corrected chi connectivity index (χ1v) is 8.54. The van der Waals surface area contributed by atoms with Gasteiger partial charge in [0.15, 0.2) is 0 Å². The van der Waals surface area contributed by atoms with E-state index < -0.39 is 0 Å². The zero-order chi connectivity index (χ0) is 15.2. The first-order chi connectivity index (χ1) is 10.1. The molecule has 0 aromatic heterocycles. The highest BCUT2D eigenvalue weighted by Crippen LogP contribution is 2.24. The number of amides is 1. The van der Waals surface area contributed by atoms with Gasteiger partial charge in [0.25, 0.3) is 0 Å². The molecule has 122 valence electrons. The number of carbonyl (C=O) groups excluding carboxylic acids is 1. The lowest BCUT2D eigenvalue weighted by Gasteiger charge is -2.42. The standard InChI is InChI=1S/C16H31N3O2/c1-3-13(2)17-16(21)12-18-8-10-19(11-9-18)14-6-4-5-7-15(14)20/h13-15,20H,3-12H2,1-2H3,(H,17,21). The van der Waals surface area contributed by atoms with Gasteiger partial charge >= 0.3 is 0 Å². The quantitative estimate of drug-likeness (QED) is 0.789. The van der Waals surface area contributed by atoms with Crippen molar-refractivity contribution in [2.24, 2.45) is 0 Å². The van der Waals surface area contributed by atoms with Crippen molar-refractivity contribution in [2.75, 3.05) is 32.7 Å². The first-order valence-electron chi connectivity index (χ1n) is 8.54. The van der Waals surface area contributed by atoms with E-state index in [9.17, 15) is 9.90 Å². The maximum atomic E-state index is 11.9. The Hall–Kier alpha value is -0.650. The summed E-state index contributed by atoms with van der Waals surface area (Å²) in [5.74, 6) is 0.135. The van der Waals surface area contributed by atoms with Gasteiger partial charge in [-0.2, -0.15) is 0 Å². The zero-order valence-electron chi connectivity index (χ0n) is 13.6. The summed E-state index contributed by atoms with van der Waals surface area (Å²) in [6, 6.07) is 0.603. The van der Waals surface area contributed by atoms with E-state index >= 15 is 0 Å². The summed E-state index contributed by atoms with van der Waals surface area (Å²) in [7, 11) is 0. The van der Waals surface area contributed by atoms with Crippen LogP contribution >= 0.6 is 0 Å². The summed E-state index contributed by atoms with van der Waals surface area (Å²) in [5.41, 5.74) is 0. The highest BCUT2D eigenvalue weighted by atomic mass is 16.3. The molecule has 2 fully saturated rings. The van der Waals surface area contributed by atoms with Gasteiger partial charge < -0.3 is 10.4 Å². The minimum absolute atomic E-state index is 0.135. The number of piperazine rings is 1. The molecule has 5 nitrogen and oxygen atoms in total. The van der Waals surface area contributed by atoms with E-state index in [1.807, 2.05) is 6.92 Å². The van der Waals surface area contributed by atoms with Gasteiger partial charge in [0.2, 0.25) is 5.91 Å². The van der Waals surface area contributed by atoms with Gasteiger partial charge in [0.05, 0.1) is 12.6 Å². The molecule has 0 aromatic rings. The average Bonchev–Trinajstić information content (AvgIpc) is 2.48. The van der Waals surface area contributed by atoms with Gasteiger partial charge in [-0.3, -0.25) is 14.6 Å². The van der Waals surface area contributed by atoms with Crippen LogP contribution in [0.1, 0.15) is 46.0 Å². The summed E-state index contributed by atoms with van der Waals surface area (Å²) < 4.78 is 0. The smallest absolute Gasteiger partial charge is 0.234 e. The number of hydrogen-bond donors (Lipinski definition) is 2. The average molecular weight is 297 g/mol. The number of aliphatic hydroxyl groups is 1. The maximum absolute atomic E-state index is 11.9. The molecule has 21 heavy (non-hydrogen) atoms. The van der Waals surface area contributed by atoms with Gasteiger partial charge in [0.1, 0.15) is 0 Å². The molecule has 1 amide bonds. The van der Waals surface area contributed by atoms with Crippen molar-refractivity contribution in [3.05, 3.63) is 0 Å². The molecule has 2 rings (SSSR count). The van der Waals surface area contributed by atoms with E-state index in [-0.39, 0.29) is 18.1 Å². The normalized spacial score (nSPS) is 30.0. The predicted octanol–water partition coefficient (Wildman–Crippen LogP) is 0.822. The summed E-state index contributed by atoms with van der Waals surface area (Å²) in [6.45, 7) is 8.43. The van der Waals surface area contributed by atoms with Crippen molar-refractivity contribution >= 4 is 5.91 Å². The Labute approximate surface area is 128 Å². The van der Waals surface area contributed by atoms with E-state index in [0.717, 1.165) is 51.9 Å². The Bertz CT molecular complexity index is 329. The minimum Gasteiger partial charge on any atom is -0.391 e. The predicted molar refractivity (Wildman–Crippen MR) is 84.2 cm³/mol. The molecule has 1 saturated heterocycles. The molecule has 2 aliphatic rings. The van der Waals surface area contributed by atoms with Crippen molar-refractivity contribution in [3.8, 4) is 0 Å². The number of hydrogen-bond acceptors (Lipinski definition) is 4. The van der Waals surface area contributed by atoms with Crippen molar-refractivity contribution in [3.63, 3.8) is 0 Å². The van der Waals surface area contributed by atoms with Crippen molar-refractivity contribution in [1.82, 2.24) is 15.1 Å². The first kappa shape index (κ1) is 16.7. The lowest BCUT2D eigenvalue weighted by atomic mass is 9.91. The van der Waals surface area contributed by atoms with E-state index in [1.165, 1.54) is 6.42 Å². The molecule has 0 aromatic carbocycles.